The molecule has 92 valence electrons. The molecule has 1 heterocycles. The number of ether oxygens (including phenoxy) is 1. The highest BCUT2D eigenvalue weighted by Crippen LogP contribution is 2.19. The van der Waals surface area contributed by atoms with Crippen molar-refractivity contribution in [2.24, 2.45) is 0 Å². The van der Waals surface area contributed by atoms with E-state index in [4.69, 9.17) is 4.74 Å². The molecule has 1 saturated heterocycles. The molecule has 0 aromatic heterocycles. The van der Waals surface area contributed by atoms with Gasteiger partial charge in [-0.1, -0.05) is 28.1 Å². The van der Waals surface area contributed by atoms with Crippen molar-refractivity contribution in [1.82, 2.24) is 4.90 Å². The fraction of sp³-hybridized carbons (Fsp3) is 0.417. The predicted molar refractivity (Wildman–Crippen MR) is 66.4 cm³/mol. The smallest absolute Gasteiger partial charge is 0.412 e. The van der Waals surface area contributed by atoms with Gasteiger partial charge in [0.25, 0.3) is 0 Å². The maximum atomic E-state index is 11.6. The highest BCUT2D eigenvalue weighted by Gasteiger charge is 2.22. The van der Waals surface area contributed by atoms with Crippen LogP contribution in [-0.2, 0) is 4.74 Å². The maximum absolute atomic E-state index is 11.6. The van der Waals surface area contributed by atoms with E-state index >= 15 is 0 Å². The van der Waals surface area contributed by atoms with Crippen LogP contribution >= 0.6 is 15.9 Å². The van der Waals surface area contributed by atoms with Crippen molar-refractivity contribution in [2.75, 3.05) is 13.1 Å². The highest BCUT2D eigenvalue weighted by atomic mass is 79.9. The molecule has 1 atom stereocenters. The lowest BCUT2D eigenvalue weighted by molar-refractivity contribution is -0.0652. The van der Waals surface area contributed by atoms with Crippen molar-refractivity contribution in [3.63, 3.8) is 0 Å². The third-order valence-electron chi connectivity index (χ3n) is 2.73. The van der Waals surface area contributed by atoms with E-state index in [9.17, 15) is 9.90 Å². The van der Waals surface area contributed by atoms with Crippen molar-refractivity contribution in [1.29, 1.82) is 0 Å². The van der Waals surface area contributed by atoms with Crippen molar-refractivity contribution in [3.8, 4) is 0 Å². The third-order valence-corrected chi connectivity index (χ3v) is 3.26. The van der Waals surface area contributed by atoms with Crippen LogP contribution in [0.25, 0.3) is 0 Å². The van der Waals surface area contributed by atoms with Gasteiger partial charge in [0.2, 0.25) is 6.29 Å². The molecule has 0 spiro atoms. The summed E-state index contributed by atoms with van der Waals surface area (Å²) in [6, 6.07) is 7.02. The largest absolute Gasteiger partial charge is 0.415 e. The molecule has 0 saturated carbocycles. The third kappa shape index (κ3) is 3.20. The quantitative estimate of drug-likeness (QED) is 0.854. The molecule has 1 amide bonds. The van der Waals surface area contributed by atoms with Crippen molar-refractivity contribution >= 4 is 22.0 Å². The van der Waals surface area contributed by atoms with E-state index in [1.807, 2.05) is 0 Å². The van der Waals surface area contributed by atoms with E-state index in [-0.39, 0.29) is 0 Å². The minimum atomic E-state index is -1.20. The van der Waals surface area contributed by atoms with Crippen LogP contribution in [0.3, 0.4) is 0 Å². The van der Waals surface area contributed by atoms with E-state index in [2.05, 4.69) is 15.9 Å². The van der Waals surface area contributed by atoms with Crippen LogP contribution in [0.1, 0.15) is 24.7 Å². The number of rotatable bonds is 2. The summed E-state index contributed by atoms with van der Waals surface area (Å²) in [4.78, 5) is 13.2. The molecule has 0 radical (unpaired) electrons. The second kappa shape index (κ2) is 5.51. The first kappa shape index (κ1) is 12.4. The molecule has 17 heavy (non-hydrogen) atoms. The summed E-state index contributed by atoms with van der Waals surface area (Å²) in [6.45, 7) is 1.43. The number of hydrogen-bond acceptors (Lipinski definition) is 3. The summed E-state index contributed by atoms with van der Waals surface area (Å²) in [5.41, 5.74) is 0.570. The second-order valence-electron chi connectivity index (χ2n) is 3.98. The number of nitrogens with zero attached hydrogens (tertiary/aromatic N) is 1. The Morgan fingerprint density at radius 2 is 1.88 bits per heavy atom. The zero-order chi connectivity index (χ0) is 12.3. The molecule has 0 bridgehead atoms. The second-order valence-corrected chi connectivity index (χ2v) is 4.90. The number of carbonyl (C=O) groups excluding carboxylic acids is 1. The fourth-order valence-electron chi connectivity index (χ4n) is 1.77. The van der Waals surface area contributed by atoms with Gasteiger partial charge >= 0.3 is 6.09 Å². The number of halogens is 1. The molecule has 1 aliphatic rings. The van der Waals surface area contributed by atoms with Gasteiger partial charge in [0, 0.05) is 23.1 Å². The molecular weight excluding hydrogens is 286 g/mol. The van der Waals surface area contributed by atoms with Crippen molar-refractivity contribution in [2.45, 2.75) is 19.1 Å². The van der Waals surface area contributed by atoms with Crippen LogP contribution in [0.2, 0.25) is 0 Å². The Labute approximate surface area is 108 Å². The Morgan fingerprint density at radius 1 is 1.29 bits per heavy atom. The Hall–Kier alpha value is -1.07. The van der Waals surface area contributed by atoms with Gasteiger partial charge in [-0.3, -0.25) is 0 Å². The van der Waals surface area contributed by atoms with Crippen molar-refractivity contribution in [3.05, 3.63) is 34.3 Å². The predicted octanol–water partition coefficient (Wildman–Crippen LogP) is 2.67. The van der Waals surface area contributed by atoms with Gasteiger partial charge in [0.05, 0.1) is 0 Å². The maximum Gasteiger partial charge on any atom is 0.412 e. The van der Waals surface area contributed by atoms with Crippen LogP contribution in [0.4, 0.5) is 4.79 Å². The van der Waals surface area contributed by atoms with Gasteiger partial charge in [-0.2, -0.15) is 0 Å². The summed E-state index contributed by atoms with van der Waals surface area (Å²) < 4.78 is 5.90. The van der Waals surface area contributed by atoms with Crippen LogP contribution < -0.4 is 0 Å². The highest BCUT2D eigenvalue weighted by molar-refractivity contribution is 9.10. The van der Waals surface area contributed by atoms with Gasteiger partial charge < -0.3 is 14.7 Å². The molecule has 1 N–H and O–H groups in total. The zero-order valence-electron chi connectivity index (χ0n) is 9.30. The van der Waals surface area contributed by atoms with Crippen LogP contribution in [0, 0.1) is 0 Å². The molecular formula is C12H14BrNO3. The Morgan fingerprint density at radius 3 is 2.47 bits per heavy atom. The number of likely N-dealkylation sites (tertiary alicyclic amines) is 1. The lowest BCUT2D eigenvalue weighted by Gasteiger charge is -2.18. The van der Waals surface area contributed by atoms with E-state index in [0.29, 0.717) is 18.7 Å². The van der Waals surface area contributed by atoms with Crippen LogP contribution in [0.15, 0.2) is 28.7 Å². The minimum absolute atomic E-state index is 0.446. The first-order chi connectivity index (χ1) is 8.16. The van der Waals surface area contributed by atoms with E-state index in [1.54, 1.807) is 29.2 Å². The number of aliphatic hydroxyl groups is 1. The molecule has 1 aromatic rings. The van der Waals surface area contributed by atoms with E-state index in [0.717, 1.165) is 17.3 Å². The van der Waals surface area contributed by atoms with Crippen molar-refractivity contribution < 1.29 is 14.6 Å². The molecule has 2 rings (SSSR count). The first-order valence-electron chi connectivity index (χ1n) is 5.56. The average molecular weight is 300 g/mol. The average Bonchev–Trinajstić information content (AvgIpc) is 2.83. The summed E-state index contributed by atoms with van der Waals surface area (Å²) in [5, 5.41) is 9.76. The van der Waals surface area contributed by atoms with E-state index in [1.165, 1.54) is 0 Å². The summed E-state index contributed by atoms with van der Waals surface area (Å²) in [5.74, 6) is 0. The number of hydrogen-bond donors (Lipinski definition) is 1. The molecule has 1 aliphatic heterocycles. The molecule has 1 aromatic carbocycles. The zero-order valence-corrected chi connectivity index (χ0v) is 10.9. The van der Waals surface area contributed by atoms with Crippen LogP contribution in [-0.4, -0.2) is 29.2 Å². The molecule has 1 fully saturated rings. The molecule has 0 aliphatic carbocycles. The van der Waals surface area contributed by atoms with Gasteiger partial charge in [-0.05, 0) is 25.0 Å². The first-order valence-corrected chi connectivity index (χ1v) is 6.35. The number of aliphatic hydroxyl groups excluding tert-OH is 1. The summed E-state index contributed by atoms with van der Waals surface area (Å²) >= 11 is 3.30. The SMILES string of the molecule is O=C(OC(O)c1ccc(Br)cc1)N1CCCC1. The standard InChI is InChI=1S/C12H14BrNO3/c13-10-5-3-9(4-6-10)11(15)17-12(16)14-7-1-2-8-14/h3-6,11,15H,1-2,7-8H2. The van der Waals surface area contributed by atoms with Crippen LogP contribution in [0.5, 0.6) is 0 Å². The van der Waals surface area contributed by atoms with Gasteiger partial charge in [-0.25, -0.2) is 4.79 Å². The lowest BCUT2D eigenvalue weighted by atomic mass is 10.2. The normalized spacial score (nSPS) is 16.9. The van der Waals surface area contributed by atoms with Gasteiger partial charge in [-0.15, -0.1) is 0 Å². The Balaban J connectivity index is 1.93. The molecule has 4 nitrogen and oxygen atoms in total. The Bertz CT molecular complexity index is 387. The minimum Gasteiger partial charge on any atom is -0.415 e. The summed E-state index contributed by atoms with van der Waals surface area (Å²) in [7, 11) is 0. The lowest BCUT2D eigenvalue weighted by Crippen LogP contribution is -2.29. The van der Waals surface area contributed by atoms with E-state index < -0.39 is 12.4 Å². The monoisotopic (exact) mass is 299 g/mol. The number of amides is 1. The van der Waals surface area contributed by atoms with Gasteiger partial charge in [0.15, 0.2) is 0 Å². The summed E-state index contributed by atoms with van der Waals surface area (Å²) in [6.07, 6.45) is 0.363. The number of benzene rings is 1. The molecule has 5 heteroatoms. The Kier molecular flexibility index (Phi) is 4.02. The molecule has 1 unspecified atom stereocenters. The topological polar surface area (TPSA) is 49.8 Å². The number of carbonyl (C=O) groups is 1. The van der Waals surface area contributed by atoms with Gasteiger partial charge in [0.1, 0.15) is 0 Å². The fourth-order valence-corrected chi connectivity index (χ4v) is 2.03.